The molecular formula is C23H29N3O2. The molecule has 0 bridgehead atoms. The van der Waals surface area contributed by atoms with Crippen LogP contribution in [0.3, 0.4) is 0 Å². The van der Waals surface area contributed by atoms with Gasteiger partial charge in [-0.3, -0.25) is 4.90 Å². The quantitative estimate of drug-likeness (QED) is 0.641. The van der Waals surface area contributed by atoms with E-state index in [1.807, 2.05) is 18.6 Å². The fourth-order valence-electron chi connectivity index (χ4n) is 3.88. The molecule has 28 heavy (non-hydrogen) atoms. The Labute approximate surface area is 166 Å². The van der Waals surface area contributed by atoms with E-state index in [0.717, 1.165) is 38.5 Å². The lowest BCUT2D eigenvalue weighted by Crippen LogP contribution is -2.38. The number of hydrogen-bond acceptors (Lipinski definition) is 4. The van der Waals surface area contributed by atoms with Crippen LogP contribution in [-0.4, -0.2) is 41.3 Å². The van der Waals surface area contributed by atoms with Crippen LogP contribution in [0.25, 0.3) is 10.8 Å². The molecule has 2 heterocycles. The molecular weight excluding hydrogens is 350 g/mol. The minimum atomic E-state index is 0.0988. The van der Waals surface area contributed by atoms with Crippen LogP contribution in [0.15, 0.2) is 48.9 Å². The number of fused-ring (bicyclic) bond motifs is 1. The number of morpholine rings is 1. The minimum Gasteiger partial charge on any atom is -0.497 e. The van der Waals surface area contributed by atoms with Crippen LogP contribution in [0.4, 0.5) is 0 Å². The molecule has 0 spiro atoms. The van der Waals surface area contributed by atoms with E-state index in [1.54, 1.807) is 7.11 Å². The highest BCUT2D eigenvalue weighted by Gasteiger charge is 2.23. The Balaban J connectivity index is 1.48. The van der Waals surface area contributed by atoms with Crippen molar-refractivity contribution in [2.75, 3.05) is 26.8 Å². The van der Waals surface area contributed by atoms with Crippen molar-refractivity contribution < 1.29 is 9.47 Å². The molecule has 1 saturated heterocycles. The number of methoxy groups -OCH3 is 1. The standard InChI is InChI=1S/C23H29N3O2/c1-17(2)13-26-16-24-12-21(26)14-25-8-9-28-23(15-25)20-5-4-19-11-22(27-3)7-6-18(19)10-20/h4-7,10-12,16-17,23H,8-9,13-15H2,1-3H3. The first-order chi connectivity index (χ1) is 13.6. The van der Waals surface area contributed by atoms with Gasteiger partial charge in [-0.2, -0.15) is 0 Å². The number of ether oxygens (including phenoxy) is 2. The summed E-state index contributed by atoms with van der Waals surface area (Å²) >= 11 is 0. The first kappa shape index (κ1) is 19.0. The average molecular weight is 380 g/mol. The van der Waals surface area contributed by atoms with Crippen LogP contribution in [0.2, 0.25) is 0 Å². The van der Waals surface area contributed by atoms with Crippen LogP contribution >= 0.6 is 0 Å². The molecule has 5 heteroatoms. The van der Waals surface area contributed by atoms with E-state index in [1.165, 1.54) is 22.0 Å². The fourth-order valence-corrected chi connectivity index (χ4v) is 3.88. The Morgan fingerprint density at radius 3 is 2.82 bits per heavy atom. The Bertz CT molecular complexity index is 934. The van der Waals surface area contributed by atoms with Crippen molar-refractivity contribution in [3.8, 4) is 5.75 Å². The number of rotatable bonds is 6. The van der Waals surface area contributed by atoms with Crippen LogP contribution < -0.4 is 4.74 Å². The molecule has 3 aromatic rings. The predicted octanol–water partition coefficient (Wildman–Crippen LogP) is 4.27. The molecule has 0 saturated carbocycles. The molecule has 1 aromatic heterocycles. The third kappa shape index (κ3) is 4.21. The van der Waals surface area contributed by atoms with Crippen molar-refractivity contribution in [3.63, 3.8) is 0 Å². The van der Waals surface area contributed by atoms with E-state index in [4.69, 9.17) is 9.47 Å². The van der Waals surface area contributed by atoms with Crippen molar-refractivity contribution in [1.29, 1.82) is 0 Å². The summed E-state index contributed by atoms with van der Waals surface area (Å²) in [6, 6.07) is 12.8. The summed E-state index contributed by atoms with van der Waals surface area (Å²) < 4.78 is 13.7. The first-order valence-electron chi connectivity index (χ1n) is 10.0. The van der Waals surface area contributed by atoms with Crippen molar-refractivity contribution >= 4 is 10.8 Å². The third-order valence-corrected chi connectivity index (χ3v) is 5.34. The normalized spacial score (nSPS) is 18.1. The van der Waals surface area contributed by atoms with Gasteiger partial charge in [-0.05, 0) is 40.5 Å². The molecule has 0 amide bonds. The van der Waals surface area contributed by atoms with Gasteiger partial charge in [0.25, 0.3) is 0 Å². The molecule has 2 aromatic carbocycles. The van der Waals surface area contributed by atoms with Crippen molar-refractivity contribution in [3.05, 3.63) is 60.2 Å². The molecule has 1 atom stereocenters. The molecule has 1 fully saturated rings. The van der Waals surface area contributed by atoms with E-state index < -0.39 is 0 Å². The third-order valence-electron chi connectivity index (χ3n) is 5.34. The van der Waals surface area contributed by atoms with Crippen LogP contribution in [0, 0.1) is 5.92 Å². The summed E-state index contributed by atoms with van der Waals surface area (Å²) in [5.74, 6) is 1.50. The zero-order valence-electron chi connectivity index (χ0n) is 17.0. The molecule has 0 aliphatic carbocycles. The fraction of sp³-hybridized carbons (Fsp3) is 0.435. The van der Waals surface area contributed by atoms with E-state index in [-0.39, 0.29) is 6.10 Å². The van der Waals surface area contributed by atoms with Crippen LogP contribution in [0.1, 0.15) is 31.2 Å². The van der Waals surface area contributed by atoms with E-state index >= 15 is 0 Å². The number of imidazole rings is 1. The summed E-state index contributed by atoms with van der Waals surface area (Å²) in [6.07, 6.45) is 4.04. The highest BCUT2D eigenvalue weighted by atomic mass is 16.5. The largest absolute Gasteiger partial charge is 0.497 e. The Morgan fingerprint density at radius 1 is 1.18 bits per heavy atom. The van der Waals surface area contributed by atoms with E-state index in [9.17, 15) is 0 Å². The zero-order chi connectivity index (χ0) is 19.5. The molecule has 5 nitrogen and oxygen atoms in total. The monoisotopic (exact) mass is 379 g/mol. The van der Waals surface area contributed by atoms with Gasteiger partial charge in [-0.25, -0.2) is 4.98 Å². The number of nitrogens with zero attached hydrogens (tertiary/aromatic N) is 3. The summed E-state index contributed by atoms with van der Waals surface area (Å²) in [5.41, 5.74) is 2.51. The molecule has 0 radical (unpaired) electrons. The number of hydrogen-bond donors (Lipinski definition) is 0. The van der Waals surface area contributed by atoms with Gasteiger partial charge in [0.1, 0.15) is 5.75 Å². The Kier molecular flexibility index (Phi) is 5.64. The maximum absolute atomic E-state index is 6.11. The van der Waals surface area contributed by atoms with Crippen molar-refractivity contribution in [1.82, 2.24) is 14.5 Å². The van der Waals surface area contributed by atoms with Gasteiger partial charge in [0.05, 0.1) is 31.8 Å². The maximum atomic E-state index is 6.11. The summed E-state index contributed by atoms with van der Waals surface area (Å²) in [4.78, 5) is 6.83. The van der Waals surface area contributed by atoms with Gasteiger partial charge in [0, 0.05) is 32.4 Å². The second-order valence-corrected chi connectivity index (χ2v) is 8.00. The second-order valence-electron chi connectivity index (χ2n) is 8.00. The van der Waals surface area contributed by atoms with Crippen LogP contribution in [0.5, 0.6) is 5.75 Å². The van der Waals surface area contributed by atoms with Crippen molar-refractivity contribution in [2.24, 2.45) is 5.92 Å². The molecule has 148 valence electrons. The summed E-state index contributed by atoms with van der Waals surface area (Å²) in [6.45, 7) is 9.01. The lowest BCUT2D eigenvalue weighted by atomic mass is 10.0. The number of aromatic nitrogens is 2. The molecule has 4 rings (SSSR count). The highest BCUT2D eigenvalue weighted by molar-refractivity contribution is 5.84. The smallest absolute Gasteiger partial charge is 0.119 e. The lowest BCUT2D eigenvalue weighted by Gasteiger charge is -2.33. The molecule has 1 aliphatic rings. The molecule has 1 unspecified atom stereocenters. The maximum Gasteiger partial charge on any atom is 0.119 e. The van der Waals surface area contributed by atoms with Gasteiger partial charge in [-0.1, -0.05) is 32.0 Å². The molecule has 1 aliphatic heterocycles. The minimum absolute atomic E-state index is 0.0988. The Hall–Kier alpha value is -2.37. The van der Waals surface area contributed by atoms with Crippen LogP contribution in [-0.2, 0) is 17.8 Å². The van der Waals surface area contributed by atoms with Crippen molar-refractivity contribution in [2.45, 2.75) is 33.0 Å². The highest BCUT2D eigenvalue weighted by Crippen LogP contribution is 2.28. The summed E-state index contributed by atoms with van der Waals surface area (Å²) in [7, 11) is 1.70. The first-order valence-corrected chi connectivity index (χ1v) is 10.0. The average Bonchev–Trinajstić information content (AvgIpc) is 3.13. The second kappa shape index (κ2) is 8.33. The van der Waals surface area contributed by atoms with Gasteiger partial charge in [0.2, 0.25) is 0 Å². The van der Waals surface area contributed by atoms with Gasteiger partial charge in [-0.15, -0.1) is 0 Å². The topological polar surface area (TPSA) is 39.5 Å². The lowest BCUT2D eigenvalue weighted by molar-refractivity contribution is -0.0335. The Morgan fingerprint density at radius 2 is 2.00 bits per heavy atom. The van der Waals surface area contributed by atoms with Gasteiger partial charge >= 0.3 is 0 Å². The number of benzene rings is 2. The summed E-state index contributed by atoms with van der Waals surface area (Å²) in [5, 5.41) is 2.40. The van der Waals surface area contributed by atoms with E-state index in [2.05, 4.69) is 58.6 Å². The SMILES string of the molecule is COc1ccc2cc(C3CN(Cc4cncn4CC(C)C)CCO3)ccc2c1. The van der Waals surface area contributed by atoms with Gasteiger partial charge < -0.3 is 14.0 Å². The molecule has 0 N–H and O–H groups in total. The zero-order valence-corrected chi connectivity index (χ0v) is 17.0. The van der Waals surface area contributed by atoms with E-state index in [0.29, 0.717) is 5.92 Å². The van der Waals surface area contributed by atoms with Gasteiger partial charge in [0.15, 0.2) is 0 Å². The predicted molar refractivity (Wildman–Crippen MR) is 112 cm³/mol.